The molecule has 0 radical (unpaired) electrons. The monoisotopic (exact) mass is 168 g/mol. The molecule has 0 aliphatic rings. The van der Waals surface area contributed by atoms with Crippen molar-refractivity contribution < 1.29 is 9.60 Å². The van der Waals surface area contributed by atoms with Crippen molar-refractivity contribution in [3.8, 4) is 0 Å². The van der Waals surface area contributed by atoms with Crippen LogP contribution in [0.3, 0.4) is 0 Å². The number of aryl methyl sites for hydroxylation is 1. The van der Waals surface area contributed by atoms with Crippen molar-refractivity contribution in [3.05, 3.63) is 35.1 Å². The third kappa shape index (κ3) is 1.53. The Morgan fingerprint density at radius 1 is 1.58 bits per heavy atom. The van der Waals surface area contributed by atoms with Gasteiger partial charge in [-0.25, -0.2) is 4.39 Å². The first-order valence-corrected chi connectivity index (χ1v) is 3.39. The average molecular weight is 168 g/mol. The van der Waals surface area contributed by atoms with Gasteiger partial charge in [0, 0.05) is 0 Å². The number of halogens is 1. The van der Waals surface area contributed by atoms with Crippen LogP contribution >= 0.6 is 0 Å². The van der Waals surface area contributed by atoms with Gasteiger partial charge in [0.15, 0.2) is 5.84 Å². The van der Waals surface area contributed by atoms with Gasteiger partial charge in [0.05, 0.1) is 5.56 Å². The molecule has 3 N–H and O–H groups in total. The summed E-state index contributed by atoms with van der Waals surface area (Å²) in [5.74, 6) is -0.702. The second kappa shape index (κ2) is 3.21. The summed E-state index contributed by atoms with van der Waals surface area (Å²) in [5, 5.41) is 11.0. The molecule has 64 valence electrons. The first-order valence-electron chi connectivity index (χ1n) is 3.39. The molecule has 1 rings (SSSR count). The SMILES string of the molecule is Cc1ccc(F)c(/C(N)=N\O)c1. The van der Waals surface area contributed by atoms with Crippen molar-refractivity contribution >= 4 is 5.84 Å². The van der Waals surface area contributed by atoms with Crippen LogP contribution in [-0.4, -0.2) is 11.0 Å². The molecule has 1 aromatic rings. The van der Waals surface area contributed by atoms with Crippen LogP contribution in [0.1, 0.15) is 11.1 Å². The van der Waals surface area contributed by atoms with Crippen molar-refractivity contribution in [1.29, 1.82) is 0 Å². The summed E-state index contributed by atoms with van der Waals surface area (Å²) in [6, 6.07) is 4.41. The average Bonchev–Trinajstić information content (AvgIpc) is 2.08. The van der Waals surface area contributed by atoms with Crippen LogP contribution < -0.4 is 5.73 Å². The van der Waals surface area contributed by atoms with Crippen molar-refractivity contribution in [2.45, 2.75) is 6.92 Å². The van der Waals surface area contributed by atoms with Crippen LogP contribution in [0.15, 0.2) is 23.4 Å². The zero-order valence-corrected chi connectivity index (χ0v) is 6.58. The van der Waals surface area contributed by atoms with Gasteiger partial charge >= 0.3 is 0 Å². The first-order chi connectivity index (χ1) is 5.65. The van der Waals surface area contributed by atoms with E-state index >= 15 is 0 Å². The van der Waals surface area contributed by atoms with E-state index in [1.807, 2.05) is 0 Å². The highest BCUT2D eigenvalue weighted by molar-refractivity contribution is 5.97. The lowest BCUT2D eigenvalue weighted by atomic mass is 10.1. The Labute approximate surface area is 69.3 Å². The van der Waals surface area contributed by atoms with Crippen LogP contribution in [0, 0.1) is 12.7 Å². The third-order valence-electron chi connectivity index (χ3n) is 1.51. The van der Waals surface area contributed by atoms with Crippen LogP contribution in [0.25, 0.3) is 0 Å². The summed E-state index contributed by atoms with van der Waals surface area (Å²) in [4.78, 5) is 0. The number of rotatable bonds is 1. The molecule has 0 saturated carbocycles. The van der Waals surface area contributed by atoms with E-state index in [9.17, 15) is 4.39 Å². The summed E-state index contributed by atoms with van der Waals surface area (Å²) in [6.45, 7) is 1.80. The van der Waals surface area contributed by atoms with Gasteiger partial charge in [-0.2, -0.15) is 0 Å². The fraction of sp³-hybridized carbons (Fsp3) is 0.125. The molecule has 0 atom stereocenters. The highest BCUT2D eigenvalue weighted by Gasteiger charge is 2.05. The molecule has 0 aliphatic carbocycles. The lowest BCUT2D eigenvalue weighted by Gasteiger charge is -2.01. The second-order valence-electron chi connectivity index (χ2n) is 2.47. The fourth-order valence-electron chi connectivity index (χ4n) is 0.889. The molecule has 0 saturated heterocycles. The summed E-state index contributed by atoms with van der Waals surface area (Å²) in [6.07, 6.45) is 0. The Bertz CT molecular complexity index is 323. The number of benzene rings is 1. The molecule has 0 bridgehead atoms. The zero-order chi connectivity index (χ0) is 9.14. The normalized spacial score (nSPS) is 11.7. The molecule has 0 heterocycles. The smallest absolute Gasteiger partial charge is 0.173 e. The van der Waals surface area contributed by atoms with Gasteiger partial charge < -0.3 is 10.9 Å². The molecule has 0 amide bonds. The van der Waals surface area contributed by atoms with E-state index in [-0.39, 0.29) is 11.4 Å². The molecule has 0 unspecified atom stereocenters. The molecular formula is C8H9FN2O. The van der Waals surface area contributed by atoms with Crippen LogP contribution in [-0.2, 0) is 0 Å². The maximum atomic E-state index is 12.9. The van der Waals surface area contributed by atoms with Gasteiger partial charge in [-0.3, -0.25) is 0 Å². The predicted molar refractivity (Wildman–Crippen MR) is 43.6 cm³/mol. The van der Waals surface area contributed by atoms with E-state index in [0.717, 1.165) is 5.56 Å². The van der Waals surface area contributed by atoms with Crippen LogP contribution in [0.5, 0.6) is 0 Å². The number of nitrogens with two attached hydrogens (primary N) is 1. The number of amidine groups is 1. The summed E-state index contributed by atoms with van der Waals surface area (Å²) in [7, 11) is 0. The van der Waals surface area contributed by atoms with Crippen LogP contribution in [0.2, 0.25) is 0 Å². The number of oxime groups is 1. The summed E-state index contributed by atoms with van der Waals surface area (Å²) >= 11 is 0. The number of hydrogen-bond acceptors (Lipinski definition) is 2. The second-order valence-corrected chi connectivity index (χ2v) is 2.47. The quantitative estimate of drug-likeness (QED) is 0.287. The molecule has 0 spiro atoms. The van der Waals surface area contributed by atoms with Gasteiger partial charge in [-0.05, 0) is 19.1 Å². The van der Waals surface area contributed by atoms with E-state index in [1.54, 1.807) is 13.0 Å². The molecule has 3 nitrogen and oxygen atoms in total. The molecule has 0 aromatic heterocycles. The molecule has 12 heavy (non-hydrogen) atoms. The van der Waals surface area contributed by atoms with Crippen molar-refractivity contribution in [2.75, 3.05) is 0 Å². The lowest BCUT2D eigenvalue weighted by Crippen LogP contribution is -2.15. The Kier molecular flexibility index (Phi) is 2.28. The fourth-order valence-corrected chi connectivity index (χ4v) is 0.889. The first kappa shape index (κ1) is 8.52. The standard InChI is InChI=1S/C8H9FN2O/c1-5-2-3-7(9)6(4-5)8(10)11-12/h2-4,12H,1H3,(H2,10,11). The summed E-state index contributed by atoms with van der Waals surface area (Å²) in [5.41, 5.74) is 6.21. The van der Waals surface area contributed by atoms with Gasteiger partial charge in [0.25, 0.3) is 0 Å². The van der Waals surface area contributed by atoms with E-state index in [2.05, 4.69) is 5.16 Å². The van der Waals surface area contributed by atoms with Crippen molar-refractivity contribution in [1.82, 2.24) is 0 Å². The predicted octanol–water partition coefficient (Wildman–Crippen LogP) is 1.23. The lowest BCUT2D eigenvalue weighted by molar-refractivity contribution is 0.318. The van der Waals surface area contributed by atoms with E-state index < -0.39 is 5.82 Å². The molecule has 4 heteroatoms. The largest absolute Gasteiger partial charge is 0.409 e. The minimum absolute atomic E-state index is 0.123. The highest BCUT2D eigenvalue weighted by Crippen LogP contribution is 2.09. The highest BCUT2D eigenvalue weighted by atomic mass is 19.1. The topological polar surface area (TPSA) is 58.6 Å². The van der Waals surface area contributed by atoms with Gasteiger partial charge in [-0.15, -0.1) is 0 Å². The van der Waals surface area contributed by atoms with Crippen LogP contribution in [0.4, 0.5) is 4.39 Å². The van der Waals surface area contributed by atoms with E-state index in [1.165, 1.54) is 12.1 Å². The third-order valence-corrected chi connectivity index (χ3v) is 1.51. The minimum atomic E-state index is -0.490. The maximum Gasteiger partial charge on any atom is 0.173 e. The Balaban J connectivity index is 3.23. The zero-order valence-electron chi connectivity index (χ0n) is 6.58. The Morgan fingerprint density at radius 3 is 2.83 bits per heavy atom. The maximum absolute atomic E-state index is 12.9. The Morgan fingerprint density at radius 2 is 2.25 bits per heavy atom. The molecular weight excluding hydrogens is 159 g/mol. The van der Waals surface area contributed by atoms with E-state index in [4.69, 9.17) is 10.9 Å². The molecule has 0 fully saturated rings. The molecule has 1 aromatic carbocycles. The van der Waals surface area contributed by atoms with Gasteiger partial charge in [0.2, 0.25) is 0 Å². The van der Waals surface area contributed by atoms with E-state index in [0.29, 0.717) is 0 Å². The number of nitrogens with zero attached hydrogens (tertiary/aromatic N) is 1. The van der Waals surface area contributed by atoms with Gasteiger partial charge in [0.1, 0.15) is 5.82 Å². The minimum Gasteiger partial charge on any atom is -0.409 e. The van der Waals surface area contributed by atoms with Crippen molar-refractivity contribution in [2.24, 2.45) is 10.9 Å². The Hall–Kier alpha value is -1.58. The number of hydrogen-bond donors (Lipinski definition) is 2. The molecule has 0 aliphatic heterocycles. The van der Waals surface area contributed by atoms with Gasteiger partial charge in [-0.1, -0.05) is 16.8 Å². The summed E-state index contributed by atoms with van der Waals surface area (Å²) < 4.78 is 12.9. The van der Waals surface area contributed by atoms with Crippen molar-refractivity contribution in [3.63, 3.8) is 0 Å².